The van der Waals surface area contributed by atoms with Crippen LogP contribution in [0, 0.1) is 6.92 Å². The van der Waals surface area contributed by atoms with Crippen molar-refractivity contribution in [1.29, 1.82) is 0 Å². The molecule has 8 heteroatoms. The lowest BCUT2D eigenvalue weighted by Gasteiger charge is -2.26. The maximum atomic E-state index is 11.4. The third kappa shape index (κ3) is 3.53. The zero-order valence-electron chi connectivity index (χ0n) is 10.7. The number of nitrogen functional groups attached to an aromatic ring is 1. The highest BCUT2D eigenvalue weighted by Gasteiger charge is 2.22. The normalized spacial score (nSPS) is 19.3. The van der Waals surface area contributed by atoms with E-state index in [0.29, 0.717) is 24.5 Å². The number of hydrogen-bond acceptors (Lipinski definition) is 6. The second-order valence-electron chi connectivity index (χ2n) is 4.59. The summed E-state index contributed by atoms with van der Waals surface area (Å²) in [7, 11) is -2.85. The molecule has 19 heavy (non-hydrogen) atoms. The summed E-state index contributed by atoms with van der Waals surface area (Å²) in [5.74, 6) is 5.25. The molecule has 0 radical (unpaired) electrons. The van der Waals surface area contributed by atoms with Crippen molar-refractivity contribution in [2.75, 3.05) is 24.6 Å². The van der Waals surface area contributed by atoms with E-state index in [4.69, 9.17) is 5.84 Å². The Morgan fingerprint density at radius 2 is 2.11 bits per heavy atom. The number of nitrogens with zero attached hydrogens (tertiary/aromatic N) is 1. The molecule has 0 unspecified atom stereocenters. The number of thiophene rings is 1. The number of nitrogens with two attached hydrogens (primary N) is 1. The lowest BCUT2D eigenvalue weighted by Crippen LogP contribution is -2.39. The number of carbonyl (C=O) groups excluding carboxylic acids is 1. The minimum Gasteiger partial charge on any atom is -0.297 e. The molecule has 3 N–H and O–H groups in total. The first kappa shape index (κ1) is 14.4. The highest BCUT2D eigenvalue weighted by molar-refractivity contribution is 7.91. The predicted octanol–water partition coefficient (Wildman–Crippen LogP) is -0.110. The Balaban J connectivity index is 2.04. The standard InChI is InChI=1S/C11H17N3O3S2/c1-8-9(6-10(18-8)11(15)13-12)7-14-2-4-19(16,17)5-3-14/h6H,2-5,7,12H2,1H3,(H,13,15). The van der Waals surface area contributed by atoms with Gasteiger partial charge in [0.15, 0.2) is 9.84 Å². The van der Waals surface area contributed by atoms with Gasteiger partial charge in [-0.2, -0.15) is 0 Å². The quantitative estimate of drug-likeness (QED) is 0.462. The number of aryl methyl sites for hydroxylation is 1. The van der Waals surface area contributed by atoms with E-state index < -0.39 is 9.84 Å². The van der Waals surface area contributed by atoms with Crippen LogP contribution in [-0.4, -0.2) is 43.8 Å². The number of sulfone groups is 1. The maximum Gasteiger partial charge on any atom is 0.275 e. The van der Waals surface area contributed by atoms with Gasteiger partial charge in [-0.25, -0.2) is 14.3 Å². The van der Waals surface area contributed by atoms with Gasteiger partial charge in [0.05, 0.1) is 16.4 Å². The molecule has 106 valence electrons. The van der Waals surface area contributed by atoms with Crippen LogP contribution in [0.1, 0.15) is 20.1 Å². The van der Waals surface area contributed by atoms with Gasteiger partial charge in [-0.1, -0.05) is 0 Å². The summed E-state index contributed by atoms with van der Waals surface area (Å²) >= 11 is 1.40. The molecule has 2 rings (SSSR count). The minimum atomic E-state index is -2.85. The minimum absolute atomic E-state index is 0.215. The van der Waals surface area contributed by atoms with Gasteiger partial charge >= 0.3 is 0 Å². The van der Waals surface area contributed by atoms with Gasteiger partial charge in [0, 0.05) is 24.5 Å². The van der Waals surface area contributed by atoms with E-state index in [2.05, 4.69) is 10.3 Å². The molecular weight excluding hydrogens is 286 g/mol. The molecule has 1 aromatic rings. The van der Waals surface area contributed by atoms with Crippen molar-refractivity contribution in [3.05, 3.63) is 21.4 Å². The van der Waals surface area contributed by atoms with Crippen LogP contribution in [0.3, 0.4) is 0 Å². The Bertz CT molecular complexity index is 566. The van der Waals surface area contributed by atoms with Crippen LogP contribution in [0.2, 0.25) is 0 Å². The summed E-state index contributed by atoms with van der Waals surface area (Å²) in [6.45, 7) is 3.73. The van der Waals surface area contributed by atoms with E-state index >= 15 is 0 Å². The van der Waals surface area contributed by atoms with Crippen LogP contribution in [0.15, 0.2) is 6.07 Å². The van der Waals surface area contributed by atoms with Crippen molar-refractivity contribution < 1.29 is 13.2 Å². The number of nitrogens with one attached hydrogen (secondary N) is 1. The van der Waals surface area contributed by atoms with Gasteiger partial charge in [-0.05, 0) is 18.6 Å². The molecule has 0 bridgehead atoms. The van der Waals surface area contributed by atoms with Crippen LogP contribution in [0.25, 0.3) is 0 Å². The first-order valence-corrected chi connectivity index (χ1v) is 8.58. The lowest BCUT2D eigenvalue weighted by molar-refractivity contribution is 0.0957. The lowest BCUT2D eigenvalue weighted by atomic mass is 10.2. The number of amides is 1. The zero-order valence-corrected chi connectivity index (χ0v) is 12.3. The van der Waals surface area contributed by atoms with E-state index in [-0.39, 0.29) is 17.4 Å². The monoisotopic (exact) mass is 303 g/mol. The van der Waals surface area contributed by atoms with Crippen molar-refractivity contribution in [2.24, 2.45) is 5.84 Å². The van der Waals surface area contributed by atoms with Crippen molar-refractivity contribution >= 4 is 27.1 Å². The smallest absolute Gasteiger partial charge is 0.275 e. The number of carbonyl (C=O) groups is 1. The largest absolute Gasteiger partial charge is 0.297 e. The molecule has 1 fully saturated rings. The summed E-state index contributed by atoms with van der Waals surface area (Å²) in [6, 6.07) is 1.82. The Kier molecular flexibility index (Phi) is 4.24. The average Bonchev–Trinajstić information content (AvgIpc) is 2.73. The Hall–Kier alpha value is -0.960. The molecule has 0 aromatic carbocycles. The molecule has 1 aromatic heterocycles. The molecule has 1 amide bonds. The second kappa shape index (κ2) is 5.58. The molecule has 0 saturated carbocycles. The summed E-state index contributed by atoms with van der Waals surface area (Å²) in [5.41, 5.74) is 3.17. The van der Waals surface area contributed by atoms with Crippen molar-refractivity contribution in [3.63, 3.8) is 0 Å². The average molecular weight is 303 g/mol. The maximum absolute atomic E-state index is 11.4. The molecule has 2 heterocycles. The fourth-order valence-corrected chi connectivity index (χ4v) is 4.22. The summed E-state index contributed by atoms with van der Waals surface area (Å²) < 4.78 is 22.7. The third-order valence-corrected chi connectivity index (χ3v) is 5.91. The second-order valence-corrected chi connectivity index (χ2v) is 8.15. The van der Waals surface area contributed by atoms with Gasteiger partial charge in [-0.15, -0.1) is 11.3 Å². The first-order valence-electron chi connectivity index (χ1n) is 5.94. The highest BCUT2D eigenvalue weighted by Crippen LogP contribution is 2.23. The number of rotatable bonds is 3. The SMILES string of the molecule is Cc1sc(C(=O)NN)cc1CN1CCS(=O)(=O)CC1. The molecule has 1 aliphatic heterocycles. The van der Waals surface area contributed by atoms with Gasteiger partial charge in [-0.3, -0.25) is 15.1 Å². The van der Waals surface area contributed by atoms with Crippen LogP contribution in [0.4, 0.5) is 0 Å². The van der Waals surface area contributed by atoms with E-state index in [1.807, 2.05) is 13.0 Å². The summed E-state index contributed by atoms with van der Waals surface area (Å²) in [5, 5.41) is 0. The van der Waals surface area contributed by atoms with E-state index in [1.54, 1.807) is 0 Å². The molecule has 1 saturated heterocycles. The van der Waals surface area contributed by atoms with Crippen LogP contribution >= 0.6 is 11.3 Å². The first-order chi connectivity index (χ1) is 8.91. The topological polar surface area (TPSA) is 92.5 Å². The third-order valence-electron chi connectivity index (χ3n) is 3.21. The molecule has 0 spiro atoms. The molecule has 6 nitrogen and oxygen atoms in total. The Labute approximate surface area is 116 Å². The molecule has 0 atom stereocenters. The zero-order chi connectivity index (χ0) is 14.0. The van der Waals surface area contributed by atoms with Crippen molar-refractivity contribution in [2.45, 2.75) is 13.5 Å². The van der Waals surface area contributed by atoms with E-state index in [9.17, 15) is 13.2 Å². The summed E-state index contributed by atoms with van der Waals surface area (Å²) in [6.07, 6.45) is 0. The van der Waals surface area contributed by atoms with E-state index in [1.165, 1.54) is 11.3 Å². The van der Waals surface area contributed by atoms with Gasteiger partial charge in [0.2, 0.25) is 0 Å². The van der Waals surface area contributed by atoms with Crippen molar-refractivity contribution in [1.82, 2.24) is 10.3 Å². The molecular formula is C11H17N3O3S2. The van der Waals surface area contributed by atoms with Gasteiger partial charge < -0.3 is 0 Å². The van der Waals surface area contributed by atoms with E-state index in [0.717, 1.165) is 10.4 Å². The summed E-state index contributed by atoms with van der Waals surface area (Å²) in [4.78, 5) is 15.2. The molecule has 1 aliphatic rings. The Morgan fingerprint density at radius 1 is 1.47 bits per heavy atom. The van der Waals surface area contributed by atoms with Gasteiger partial charge in [0.25, 0.3) is 5.91 Å². The van der Waals surface area contributed by atoms with Crippen molar-refractivity contribution in [3.8, 4) is 0 Å². The van der Waals surface area contributed by atoms with Crippen LogP contribution in [0.5, 0.6) is 0 Å². The predicted molar refractivity (Wildman–Crippen MR) is 74.6 cm³/mol. The fraction of sp³-hybridized carbons (Fsp3) is 0.545. The number of hydrogen-bond donors (Lipinski definition) is 2. The van der Waals surface area contributed by atoms with Crippen LogP contribution < -0.4 is 11.3 Å². The van der Waals surface area contributed by atoms with Gasteiger partial charge in [0.1, 0.15) is 0 Å². The Morgan fingerprint density at radius 3 is 2.68 bits per heavy atom. The highest BCUT2D eigenvalue weighted by atomic mass is 32.2. The fourth-order valence-electron chi connectivity index (χ4n) is 2.01. The van der Waals surface area contributed by atoms with Crippen LogP contribution in [-0.2, 0) is 16.4 Å². The molecule has 0 aliphatic carbocycles. The number of hydrazine groups is 1.